The summed E-state index contributed by atoms with van der Waals surface area (Å²) in [5, 5.41) is 13.4. The topological polar surface area (TPSA) is 58.0 Å². The molecule has 1 aliphatic heterocycles. The zero-order valence-electron chi connectivity index (χ0n) is 34.4. The zero-order valence-corrected chi connectivity index (χ0v) is 36.3. The van der Waals surface area contributed by atoms with Crippen molar-refractivity contribution in [1.82, 2.24) is 19.9 Å². The van der Waals surface area contributed by atoms with Crippen LogP contribution in [0.4, 0.5) is 22.7 Å². The molecular formula is C51H52N6P2. The average Bonchev–Trinajstić information content (AvgIpc) is 3.30. The molecule has 0 saturated heterocycles. The SMILES string of the molecule is CN1c2cc3ccccc3cc2P(C2CCCCC2)c2cc3cncnc3cc2N(C)c2cc3ncncc3cc2[PH](C)(C2CCCCC2)c2cc3ccccc3cc21. The van der Waals surface area contributed by atoms with Crippen molar-refractivity contribution < 1.29 is 0 Å². The third-order valence-electron chi connectivity index (χ3n) is 14.4. The molecule has 0 bridgehead atoms. The van der Waals surface area contributed by atoms with Crippen LogP contribution in [0.15, 0.2) is 122 Å². The van der Waals surface area contributed by atoms with Crippen molar-refractivity contribution in [2.75, 3.05) is 30.6 Å². The number of anilines is 4. The van der Waals surface area contributed by atoms with Crippen molar-refractivity contribution in [1.29, 1.82) is 0 Å². The summed E-state index contributed by atoms with van der Waals surface area (Å²) in [6.07, 6.45) is 20.2. The van der Waals surface area contributed by atoms with Gasteiger partial charge in [-0.15, -0.1) is 0 Å². The van der Waals surface area contributed by atoms with Crippen LogP contribution in [0.25, 0.3) is 43.4 Å². The van der Waals surface area contributed by atoms with Gasteiger partial charge in [-0.2, -0.15) is 0 Å². The van der Waals surface area contributed by atoms with E-state index in [1.54, 1.807) is 12.7 Å². The normalized spacial score (nSPS) is 19.4. The molecular weight excluding hydrogens is 759 g/mol. The molecule has 8 heteroatoms. The summed E-state index contributed by atoms with van der Waals surface area (Å²) in [7, 11) is 1.24. The van der Waals surface area contributed by atoms with E-state index in [0.29, 0.717) is 11.3 Å². The molecule has 2 aliphatic carbocycles. The van der Waals surface area contributed by atoms with Gasteiger partial charge in [0.2, 0.25) is 0 Å². The van der Waals surface area contributed by atoms with Gasteiger partial charge in [-0.25, -0.2) is 0 Å². The zero-order chi connectivity index (χ0) is 39.7. The van der Waals surface area contributed by atoms with Crippen molar-refractivity contribution >= 4 is 103 Å². The first-order chi connectivity index (χ1) is 29.0. The first-order valence-corrected chi connectivity index (χ1v) is 25.8. The van der Waals surface area contributed by atoms with Crippen LogP contribution < -0.4 is 31.0 Å². The minimum atomic E-state index is -2.63. The second kappa shape index (κ2) is 14.9. The van der Waals surface area contributed by atoms with E-state index in [9.17, 15) is 0 Å². The number of hydrogen-bond donors (Lipinski definition) is 0. The molecule has 11 rings (SSSR count). The van der Waals surface area contributed by atoms with E-state index in [1.165, 1.54) is 130 Å². The number of hydrogen-bond acceptors (Lipinski definition) is 6. The van der Waals surface area contributed by atoms with Gasteiger partial charge in [-0.3, -0.25) is 0 Å². The fourth-order valence-corrected chi connectivity index (χ4v) is 19.8. The third kappa shape index (κ3) is 6.20. The van der Waals surface area contributed by atoms with E-state index in [-0.39, 0.29) is 0 Å². The molecule has 2 aromatic heterocycles. The molecule has 59 heavy (non-hydrogen) atoms. The van der Waals surface area contributed by atoms with Crippen molar-refractivity contribution in [2.24, 2.45) is 0 Å². The van der Waals surface area contributed by atoms with Gasteiger partial charge in [0.05, 0.1) is 0 Å². The van der Waals surface area contributed by atoms with Gasteiger partial charge in [0.15, 0.2) is 0 Å². The first kappa shape index (κ1) is 37.0. The van der Waals surface area contributed by atoms with Crippen LogP contribution in [0.1, 0.15) is 64.2 Å². The Balaban J connectivity index is 1.33. The molecule has 0 amide bonds. The predicted molar refractivity (Wildman–Crippen MR) is 257 cm³/mol. The maximum atomic E-state index is 4.92. The van der Waals surface area contributed by atoms with Crippen molar-refractivity contribution in [2.45, 2.75) is 75.5 Å². The molecule has 0 N–H and O–H groups in total. The van der Waals surface area contributed by atoms with Gasteiger partial charge < -0.3 is 0 Å². The Bertz CT molecular complexity index is 2720. The van der Waals surface area contributed by atoms with E-state index in [1.807, 2.05) is 12.4 Å². The Labute approximate surface area is 349 Å². The quantitative estimate of drug-likeness (QED) is 0.162. The molecule has 3 aliphatic rings. The van der Waals surface area contributed by atoms with E-state index in [2.05, 4.69) is 138 Å². The Kier molecular flexibility index (Phi) is 9.35. The molecule has 8 aromatic rings. The summed E-state index contributed by atoms with van der Waals surface area (Å²) in [6, 6.07) is 38.1. The minimum absolute atomic E-state index is 0.547. The molecule has 0 spiro atoms. The van der Waals surface area contributed by atoms with Gasteiger partial charge >= 0.3 is 351 Å². The molecule has 2 fully saturated rings. The Morgan fingerprint density at radius 2 is 0.949 bits per heavy atom. The summed E-state index contributed by atoms with van der Waals surface area (Å²) in [6.45, 7) is 2.71. The molecule has 3 heterocycles. The number of benzene rings is 6. The Morgan fingerprint density at radius 3 is 1.56 bits per heavy atom. The monoisotopic (exact) mass is 810 g/mol. The molecule has 2 saturated carbocycles. The number of rotatable bonds is 2. The van der Waals surface area contributed by atoms with Gasteiger partial charge in [0.1, 0.15) is 0 Å². The molecule has 6 nitrogen and oxygen atoms in total. The number of aromatic nitrogens is 4. The van der Waals surface area contributed by atoms with Crippen LogP contribution in [-0.2, 0) is 0 Å². The Morgan fingerprint density at radius 1 is 0.508 bits per heavy atom. The maximum absolute atomic E-state index is 4.92. The fraction of sp³-hybridized carbons (Fsp3) is 0.294. The molecule has 1 atom stereocenters. The third-order valence-corrected chi connectivity index (χ3v) is 22.6. The Hall–Kier alpha value is -5.02. The summed E-state index contributed by atoms with van der Waals surface area (Å²) in [4.78, 5) is 24.2. The standard InChI is InChI=1S/C51H52N6P2/c1-56-44-22-34-14-10-12-16-36(34)24-48(44)58(40-18-6-4-7-19-40)49-25-38-30-52-32-54-42(38)28-45(49)57(2)47-29-43-39(31-53-33-55-43)27-51(47)59(3,41-20-8-5-9-21-41)50-26-37-17-13-11-15-35(37)23-46(50)56/h10-17,22-33,40-41,59H,4-9,18-21H2,1-3H3. The van der Waals surface area contributed by atoms with Crippen LogP contribution in [0, 0.1) is 0 Å². The number of fused-ring (bicyclic) bond motifs is 8. The van der Waals surface area contributed by atoms with Crippen LogP contribution in [0.5, 0.6) is 0 Å². The molecule has 296 valence electrons. The van der Waals surface area contributed by atoms with Crippen LogP contribution in [-0.4, -0.2) is 52.0 Å². The van der Waals surface area contributed by atoms with E-state index < -0.39 is 15.2 Å². The van der Waals surface area contributed by atoms with E-state index in [0.717, 1.165) is 21.8 Å². The van der Waals surface area contributed by atoms with Gasteiger partial charge in [0.25, 0.3) is 0 Å². The molecule has 1 unspecified atom stereocenters. The van der Waals surface area contributed by atoms with Gasteiger partial charge in [-0.05, 0) is 0 Å². The van der Waals surface area contributed by atoms with E-state index in [4.69, 9.17) is 9.97 Å². The summed E-state index contributed by atoms with van der Waals surface area (Å²) >= 11 is 0. The van der Waals surface area contributed by atoms with Gasteiger partial charge in [-0.1, -0.05) is 0 Å². The summed E-state index contributed by atoms with van der Waals surface area (Å²) in [5.74, 6) is 0. The average molecular weight is 811 g/mol. The van der Waals surface area contributed by atoms with E-state index >= 15 is 0 Å². The van der Waals surface area contributed by atoms with Crippen LogP contribution >= 0.6 is 15.2 Å². The number of nitrogens with zero attached hydrogens (tertiary/aromatic N) is 6. The predicted octanol–water partition coefficient (Wildman–Crippen LogP) is 11.2. The van der Waals surface area contributed by atoms with Crippen molar-refractivity contribution in [3.63, 3.8) is 0 Å². The summed E-state index contributed by atoms with van der Waals surface area (Å²) in [5.41, 5.74) is 8.30. The second-order valence-corrected chi connectivity index (χ2v) is 24.3. The van der Waals surface area contributed by atoms with Gasteiger partial charge in [0, 0.05) is 0 Å². The fourth-order valence-electron chi connectivity index (χ4n) is 11.2. The van der Waals surface area contributed by atoms with Crippen LogP contribution in [0.3, 0.4) is 0 Å². The summed E-state index contributed by atoms with van der Waals surface area (Å²) < 4.78 is 0. The van der Waals surface area contributed by atoms with Crippen LogP contribution in [0.2, 0.25) is 0 Å². The first-order valence-electron chi connectivity index (χ1n) is 21.8. The van der Waals surface area contributed by atoms with Crippen molar-refractivity contribution in [3.8, 4) is 0 Å². The van der Waals surface area contributed by atoms with Crippen molar-refractivity contribution in [3.05, 3.63) is 122 Å². The molecule has 0 radical (unpaired) electrons. The molecule has 6 aromatic carbocycles. The second-order valence-electron chi connectivity index (χ2n) is 17.6.